The van der Waals surface area contributed by atoms with Gasteiger partial charge in [-0.1, -0.05) is 18.3 Å². The minimum Gasteiger partial charge on any atom is -0.308 e. The first-order valence-corrected chi connectivity index (χ1v) is 7.47. The molecule has 0 aliphatic rings. The Hall–Kier alpha value is -0.780. The van der Waals surface area contributed by atoms with Crippen LogP contribution in [0.15, 0.2) is 12.1 Å². The average Bonchev–Trinajstić information content (AvgIpc) is 2.93. The standard InChI is InChI=1S/C12H17N3S2/c1-4-7-13-9(3)11-14-15-12(17-11)10-6-5-8(2)16-10/h5-6,9,13H,4,7H2,1-3H3. The maximum absolute atomic E-state index is 4.27. The number of rotatable bonds is 5. The van der Waals surface area contributed by atoms with Crippen molar-refractivity contribution in [3.63, 3.8) is 0 Å². The van der Waals surface area contributed by atoms with E-state index in [4.69, 9.17) is 0 Å². The Morgan fingerprint density at radius 1 is 1.29 bits per heavy atom. The second-order valence-corrected chi connectivity index (χ2v) is 6.33. The predicted octanol–water partition coefficient (Wildman–Crippen LogP) is 3.64. The molecule has 0 amide bonds. The molecule has 0 spiro atoms. The highest BCUT2D eigenvalue weighted by Crippen LogP contribution is 2.31. The molecule has 5 heteroatoms. The first kappa shape index (κ1) is 12.7. The van der Waals surface area contributed by atoms with Crippen molar-refractivity contribution < 1.29 is 0 Å². The third kappa shape index (κ3) is 3.12. The molecule has 3 nitrogen and oxygen atoms in total. The van der Waals surface area contributed by atoms with Crippen molar-refractivity contribution in [2.75, 3.05) is 6.54 Å². The van der Waals surface area contributed by atoms with Crippen LogP contribution in [0.5, 0.6) is 0 Å². The van der Waals surface area contributed by atoms with E-state index in [0.29, 0.717) is 6.04 Å². The summed E-state index contributed by atoms with van der Waals surface area (Å²) in [4.78, 5) is 2.53. The van der Waals surface area contributed by atoms with E-state index < -0.39 is 0 Å². The number of nitrogens with zero attached hydrogens (tertiary/aromatic N) is 2. The third-order valence-electron chi connectivity index (χ3n) is 2.46. The molecule has 2 aromatic rings. The Morgan fingerprint density at radius 2 is 2.12 bits per heavy atom. The molecule has 2 rings (SSSR count). The van der Waals surface area contributed by atoms with E-state index in [1.54, 1.807) is 22.7 Å². The molecule has 0 fully saturated rings. The molecule has 1 N–H and O–H groups in total. The summed E-state index contributed by atoms with van der Waals surface area (Å²) in [6.45, 7) is 7.44. The van der Waals surface area contributed by atoms with Gasteiger partial charge in [0.15, 0.2) is 5.01 Å². The quantitative estimate of drug-likeness (QED) is 0.899. The first-order valence-electron chi connectivity index (χ1n) is 5.84. The van der Waals surface area contributed by atoms with E-state index in [9.17, 15) is 0 Å². The van der Waals surface area contributed by atoms with E-state index in [1.165, 1.54) is 9.75 Å². The molecule has 2 heterocycles. The van der Waals surface area contributed by atoms with Gasteiger partial charge in [0.25, 0.3) is 0 Å². The molecule has 0 radical (unpaired) electrons. The average molecular weight is 267 g/mol. The van der Waals surface area contributed by atoms with Crippen LogP contribution in [-0.2, 0) is 0 Å². The number of aromatic nitrogens is 2. The van der Waals surface area contributed by atoms with Crippen LogP contribution in [-0.4, -0.2) is 16.7 Å². The zero-order chi connectivity index (χ0) is 12.3. The van der Waals surface area contributed by atoms with Crippen molar-refractivity contribution in [2.24, 2.45) is 0 Å². The van der Waals surface area contributed by atoms with Gasteiger partial charge in [-0.3, -0.25) is 0 Å². The Kier molecular flexibility index (Phi) is 4.25. The van der Waals surface area contributed by atoms with Crippen LogP contribution < -0.4 is 5.32 Å². The topological polar surface area (TPSA) is 37.8 Å². The van der Waals surface area contributed by atoms with Crippen LogP contribution in [0.1, 0.15) is 36.2 Å². The van der Waals surface area contributed by atoms with Gasteiger partial charge in [-0.2, -0.15) is 0 Å². The summed E-state index contributed by atoms with van der Waals surface area (Å²) in [5, 5.41) is 14.1. The van der Waals surface area contributed by atoms with Crippen molar-refractivity contribution in [3.8, 4) is 9.88 Å². The highest BCUT2D eigenvalue weighted by atomic mass is 32.1. The molecule has 1 unspecified atom stereocenters. The van der Waals surface area contributed by atoms with Crippen molar-refractivity contribution in [2.45, 2.75) is 33.2 Å². The first-order chi connectivity index (χ1) is 8.20. The minimum absolute atomic E-state index is 0.294. The maximum Gasteiger partial charge on any atom is 0.157 e. The fraction of sp³-hybridized carbons (Fsp3) is 0.500. The molecule has 17 heavy (non-hydrogen) atoms. The van der Waals surface area contributed by atoms with Crippen molar-refractivity contribution in [3.05, 3.63) is 22.0 Å². The molecular formula is C12H17N3S2. The normalized spacial score (nSPS) is 12.9. The summed E-state index contributed by atoms with van der Waals surface area (Å²) in [5.41, 5.74) is 0. The summed E-state index contributed by atoms with van der Waals surface area (Å²) in [5.74, 6) is 0. The van der Waals surface area contributed by atoms with Gasteiger partial charge in [0, 0.05) is 4.88 Å². The molecule has 0 aromatic carbocycles. The predicted molar refractivity (Wildman–Crippen MR) is 74.7 cm³/mol. The Morgan fingerprint density at radius 3 is 2.76 bits per heavy atom. The molecule has 0 saturated heterocycles. The number of thiophene rings is 1. The third-order valence-corrected chi connectivity index (χ3v) is 4.74. The van der Waals surface area contributed by atoms with Gasteiger partial charge in [-0.05, 0) is 38.9 Å². The zero-order valence-electron chi connectivity index (χ0n) is 10.4. The zero-order valence-corrected chi connectivity index (χ0v) is 12.0. The molecule has 1 atom stereocenters. The molecule has 0 saturated carbocycles. The summed E-state index contributed by atoms with van der Waals surface area (Å²) < 4.78 is 0. The fourth-order valence-electron chi connectivity index (χ4n) is 1.51. The Labute approximate surface area is 110 Å². The molecule has 2 aromatic heterocycles. The SMILES string of the molecule is CCCNC(C)c1nnc(-c2ccc(C)s2)s1. The maximum atomic E-state index is 4.27. The van der Waals surface area contributed by atoms with Gasteiger partial charge in [-0.15, -0.1) is 21.5 Å². The summed E-state index contributed by atoms with van der Waals surface area (Å²) in [6.07, 6.45) is 1.14. The van der Waals surface area contributed by atoms with E-state index in [1.807, 2.05) is 0 Å². The molecule has 0 aliphatic heterocycles. The number of hydrogen-bond acceptors (Lipinski definition) is 5. The van der Waals surface area contributed by atoms with Crippen molar-refractivity contribution in [1.82, 2.24) is 15.5 Å². The van der Waals surface area contributed by atoms with Gasteiger partial charge in [0.1, 0.15) is 5.01 Å². The molecular weight excluding hydrogens is 250 g/mol. The molecule has 92 valence electrons. The summed E-state index contributed by atoms with van der Waals surface area (Å²) in [7, 11) is 0. The van der Waals surface area contributed by atoms with Crippen LogP contribution in [0.25, 0.3) is 9.88 Å². The smallest absolute Gasteiger partial charge is 0.157 e. The Bertz CT molecular complexity index is 476. The van der Waals surface area contributed by atoms with Crippen LogP contribution in [0.4, 0.5) is 0 Å². The van der Waals surface area contributed by atoms with Gasteiger partial charge < -0.3 is 5.32 Å². The van der Waals surface area contributed by atoms with Crippen molar-refractivity contribution in [1.29, 1.82) is 0 Å². The summed E-state index contributed by atoms with van der Waals surface area (Å²) >= 11 is 3.45. The Balaban J connectivity index is 2.10. The molecule has 0 aliphatic carbocycles. The van der Waals surface area contributed by atoms with E-state index in [0.717, 1.165) is 23.0 Å². The fourth-order valence-corrected chi connectivity index (χ4v) is 3.29. The lowest BCUT2D eigenvalue weighted by atomic mass is 10.3. The second-order valence-electron chi connectivity index (χ2n) is 4.03. The lowest BCUT2D eigenvalue weighted by Crippen LogP contribution is -2.18. The van der Waals surface area contributed by atoms with Crippen LogP contribution in [0, 0.1) is 6.92 Å². The summed E-state index contributed by atoms with van der Waals surface area (Å²) in [6, 6.07) is 4.54. The second kappa shape index (κ2) is 5.71. The lowest BCUT2D eigenvalue weighted by molar-refractivity contribution is 0.564. The van der Waals surface area contributed by atoms with Crippen molar-refractivity contribution >= 4 is 22.7 Å². The minimum atomic E-state index is 0.294. The number of hydrogen-bond donors (Lipinski definition) is 1. The van der Waals surface area contributed by atoms with Crippen LogP contribution >= 0.6 is 22.7 Å². The lowest BCUT2D eigenvalue weighted by Gasteiger charge is -2.08. The monoisotopic (exact) mass is 267 g/mol. The number of nitrogens with one attached hydrogen (secondary N) is 1. The van der Waals surface area contributed by atoms with E-state index in [2.05, 4.69) is 48.4 Å². The van der Waals surface area contributed by atoms with Gasteiger partial charge in [0.05, 0.1) is 10.9 Å². The van der Waals surface area contributed by atoms with E-state index in [-0.39, 0.29) is 0 Å². The van der Waals surface area contributed by atoms with Gasteiger partial charge >= 0.3 is 0 Å². The molecule has 0 bridgehead atoms. The number of aryl methyl sites for hydroxylation is 1. The van der Waals surface area contributed by atoms with Gasteiger partial charge in [0.2, 0.25) is 0 Å². The van der Waals surface area contributed by atoms with Gasteiger partial charge in [-0.25, -0.2) is 0 Å². The largest absolute Gasteiger partial charge is 0.308 e. The highest BCUT2D eigenvalue weighted by molar-refractivity contribution is 7.21. The van der Waals surface area contributed by atoms with Crippen LogP contribution in [0.2, 0.25) is 0 Å². The van der Waals surface area contributed by atoms with Crippen LogP contribution in [0.3, 0.4) is 0 Å². The highest BCUT2D eigenvalue weighted by Gasteiger charge is 2.13. The van der Waals surface area contributed by atoms with E-state index >= 15 is 0 Å².